The average molecular weight is 306 g/mol. The number of methoxy groups -OCH3 is 1. The van der Waals surface area contributed by atoms with Crippen LogP contribution in [0.15, 0.2) is 36.8 Å². The summed E-state index contributed by atoms with van der Waals surface area (Å²) in [7, 11) is 1.62. The fourth-order valence-corrected chi connectivity index (χ4v) is 1.92. The highest BCUT2D eigenvalue weighted by Crippen LogP contribution is 2.28. The molecular weight excluding hydrogens is 290 g/mol. The minimum Gasteiger partial charge on any atom is -0.496 e. The molecule has 5 nitrogen and oxygen atoms in total. The molecule has 110 valence electrons. The summed E-state index contributed by atoms with van der Waals surface area (Å²) in [5.74, 6) is 1.55. The van der Waals surface area contributed by atoms with Crippen molar-refractivity contribution < 1.29 is 9.47 Å². The van der Waals surface area contributed by atoms with Crippen LogP contribution in [0.25, 0.3) is 5.76 Å². The van der Waals surface area contributed by atoms with Crippen molar-refractivity contribution in [1.82, 2.24) is 9.97 Å². The van der Waals surface area contributed by atoms with Crippen LogP contribution < -0.4 is 10.5 Å². The monoisotopic (exact) mass is 305 g/mol. The Morgan fingerprint density at radius 1 is 1.33 bits per heavy atom. The first kappa shape index (κ1) is 15.1. The second-order valence-electron chi connectivity index (χ2n) is 4.24. The van der Waals surface area contributed by atoms with Crippen LogP contribution in [0, 0.1) is 0 Å². The highest BCUT2D eigenvalue weighted by molar-refractivity contribution is 6.30. The number of hydrogen-bond donors (Lipinski definition) is 1. The van der Waals surface area contributed by atoms with Crippen LogP contribution in [-0.2, 0) is 4.74 Å². The lowest BCUT2D eigenvalue weighted by atomic mass is 10.2. The lowest BCUT2D eigenvalue weighted by Gasteiger charge is -2.10. The predicted octanol–water partition coefficient (Wildman–Crippen LogP) is 3.90. The molecule has 0 aliphatic heterocycles. The first-order valence-electron chi connectivity index (χ1n) is 6.42. The smallest absolute Gasteiger partial charge is 0.242 e. The Balaban J connectivity index is 2.27. The Labute approximate surface area is 128 Å². The zero-order valence-electron chi connectivity index (χ0n) is 11.8. The van der Waals surface area contributed by atoms with E-state index in [0.717, 1.165) is 17.7 Å². The van der Waals surface area contributed by atoms with E-state index in [4.69, 9.17) is 26.8 Å². The van der Waals surface area contributed by atoms with Crippen LogP contribution in [0.4, 0.5) is 5.69 Å². The first-order valence-corrected chi connectivity index (χ1v) is 6.80. The molecule has 0 aromatic carbocycles. The van der Waals surface area contributed by atoms with Gasteiger partial charge in [0.1, 0.15) is 11.5 Å². The molecule has 2 N–H and O–H groups in total. The summed E-state index contributed by atoms with van der Waals surface area (Å²) in [6.07, 6.45) is 7.59. The summed E-state index contributed by atoms with van der Waals surface area (Å²) in [4.78, 5) is 8.19. The summed E-state index contributed by atoms with van der Waals surface area (Å²) < 4.78 is 11.0. The van der Waals surface area contributed by atoms with E-state index in [1.807, 2.05) is 19.1 Å². The fourth-order valence-electron chi connectivity index (χ4n) is 1.75. The molecule has 0 unspecified atom stereocenters. The highest BCUT2D eigenvalue weighted by atomic mass is 35.5. The third-order valence-corrected chi connectivity index (χ3v) is 2.87. The van der Waals surface area contributed by atoms with E-state index in [0.29, 0.717) is 16.5 Å². The number of ether oxygens (including phenoxy) is 2. The Hall–Kier alpha value is -2.27. The number of allylic oxidation sites excluding steroid dienone is 1. The van der Waals surface area contributed by atoms with Crippen molar-refractivity contribution in [1.29, 1.82) is 0 Å². The van der Waals surface area contributed by atoms with Gasteiger partial charge in [-0.05, 0) is 24.6 Å². The zero-order valence-corrected chi connectivity index (χ0v) is 12.6. The summed E-state index contributed by atoms with van der Waals surface area (Å²) in [5, 5.41) is 0.458. The number of nitrogens with two attached hydrogens (primary N) is 1. The lowest BCUT2D eigenvalue weighted by molar-refractivity contribution is 0.368. The van der Waals surface area contributed by atoms with Crippen LogP contribution in [-0.4, -0.2) is 17.1 Å². The van der Waals surface area contributed by atoms with Crippen LogP contribution in [0.1, 0.15) is 18.9 Å². The second-order valence-corrected chi connectivity index (χ2v) is 4.68. The summed E-state index contributed by atoms with van der Waals surface area (Å²) >= 11 is 5.81. The van der Waals surface area contributed by atoms with Gasteiger partial charge in [0.15, 0.2) is 0 Å². The minimum absolute atomic E-state index is 0.289. The number of hydrogen-bond acceptors (Lipinski definition) is 5. The molecule has 0 atom stereocenters. The Morgan fingerprint density at radius 3 is 2.81 bits per heavy atom. The van der Waals surface area contributed by atoms with Crippen molar-refractivity contribution in [3.05, 3.63) is 47.4 Å². The molecule has 0 aliphatic rings. The second kappa shape index (κ2) is 6.95. The zero-order chi connectivity index (χ0) is 15.2. The SMILES string of the molecule is CC/C=C(\OC)c1cncc(Oc2ncc(Cl)cc2N)c1. The third kappa shape index (κ3) is 3.86. The highest BCUT2D eigenvalue weighted by Gasteiger charge is 2.08. The normalized spacial score (nSPS) is 11.3. The van der Waals surface area contributed by atoms with E-state index < -0.39 is 0 Å². The number of pyridine rings is 2. The van der Waals surface area contributed by atoms with Gasteiger partial charge in [0.2, 0.25) is 5.88 Å². The maximum atomic E-state index is 5.81. The van der Waals surface area contributed by atoms with E-state index in [1.54, 1.807) is 25.6 Å². The molecule has 0 amide bonds. The first-order chi connectivity index (χ1) is 10.1. The van der Waals surface area contributed by atoms with Crippen LogP contribution in [0.3, 0.4) is 0 Å². The minimum atomic E-state index is 0.289. The maximum Gasteiger partial charge on any atom is 0.242 e. The van der Waals surface area contributed by atoms with Gasteiger partial charge in [-0.3, -0.25) is 4.98 Å². The molecule has 0 saturated carbocycles. The van der Waals surface area contributed by atoms with E-state index in [9.17, 15) is 0 Å². The molecule has 2 heterocycles. The maximum absolute atomic E-state index is 5.81. The molecule has 0 radical (unpaired) electrons. The van der Waals surface area contributed by atoms with Crippen molar-refractivity contribution in [3.8, 4) is 11.6 Å². The quantitative estimate of drug-likeness (QED) is 0.848. The third-order valence-electron chi connectivity index (χ3n) is 2.67. The van der Waals surface area contributed by atoms with E-state index >= 15 is 0 Å². The van der Waals surface area contributed by atoms with Crippen LogP contribution >= 0.6 is 11.6 Å². The molecule has 0 aliphatic carbocycles. The van der Waals surface area contributed by atoms with Crippen LogP contribution in [0.2, 0.25) is 5.02 Å². The van der Waals surface area contributed by atoms with E-state index in [-0.39, 0.29) is 5.88 Å². The van der Waals surface area contributed by atoms with Gasteiger partial charge in [-0.25, -0.2) is 4.98 Å². The summed E-state index contributed by atoms with van der Waals surface area (Å²) in [5.41, 5.74) is 7.00. The van der Waals surface area contributed by atoms with Gasteiger partial charge in [-0.2, -0.15) is 0 Å². The molecule has 0 saturated heterocycles. The van der Waals surface area contributed by atoms with Gasteiger partial charge in [0, 0.05) is 18.0 Å². The van der Waals surface area contributed by atoms with Crippen molar-refractivity contribution in [3.63, 3.8) is 0 Å². The number of nitrogens with zero attached hydrogens (tertiary/aromatic N) is 2. The van der Waals surface area contributed by atoms with Crippen molar-refractivity contribution in [2.24, 2.45) is 0 Å². The summed E-state index contributed by atoms with van der Waals surface area (Å²) in [6.45, 7) is 2.03. The number of anilines is 1. The van der Waals surface area contributed by atoms with Gasteiger partial charge in [-0.15, -0.1) is 0 Å². The van der Waals surface area contributed by atoms with E-state index in [2.05, 4.69) is 9.97 Å². The van der Waals surface area contributed by atoms with Crippen molar-refractivity contribution >= 4 is 23.0 Å². The van der Waals surface area contributed by atoms with Crippen LogP contribution in [0.5, 0.6) is 11.6 Å². The van der Waals surface area contributed by atoms with Gasteiger partial charge in [0.05, 0.1) is 24.0 Å². The fraction of sp³-hybridized carbons (Fsp3) is 0.200. The molecule has 2 aromatic rings. The lowest BCUT2D eigenvalue weighted by Crippen LogP contribution is -1.96. The predicted molar refractivity (Wildman–Crippen MR) is 83.2 cm³/mol. The molecule has 2 rings (SSSR count). The number of aromatic nitrogens is 2. The molecule has 0 fully saturated rings. The number of rotatable bonds is 5. The average Bonchev–Trinajstić information content (AvgIpc) is 2.48. The number of nitrogen functional groups attached to an aromatic ring is 1. The Bertz CT molecular complexity index is 659. The van der Waals surface area contributed by atoms with Crippen molar-refractivity contribution in [2.45, 2.75) is 13.3 Å². The van der Waals surface area contributed by atoms with Gasteiger partial charge in [-0.1, -0.05) is 18.5 Å². The van der Waals surface area contributed by atoms with Gasteiger partial charge < -0.3 is 15.2 Å². The largest absolute Gasteiger partial charge is 0.496 e. The number of halogens is 1. The summed E-state index contributed by atoms with van der Waals surface area (Å²) in [6, 6.07) is 3.40. The van der Waals surface area contributed by atoms with Gasteiger partial charge in [0.25, 0.3) is 0 Å². The standard InChI is InChI=1S/C15H16ClN3O2/c1-3-4-14(20-2)10-5-12(9-18-7-10)21-15-13(17)6-11(16)8-19-15/h4-9H,3,17H2,1-2H3/b14-4-. The van der Waals surface area contributed by atoms with Gasteiger partial charge >= 0.3 is 0 Å². The topological polar surface area (TPSA) is 70.3 Å². The molecule has 0 spiro atoms. The van der Waals surface area contributed by atoms with E-state index in [1.165, 1.54) is 6.20 Å². The van der Waals surface area contributed by atoms with Crippen molar-refractivity contribution in [2.75, 3.05) is 12.8 Å². The Kier molecular flexibility index (Phi) is 5.00. The molecular formula is C15H16ClN3O2. The molecule has 2 aromatic heterocycles. The Morgan fingerprint density at radius 2 is 2.14 bits per heavy atom. The molecule has 21 heavy (non-hydrogen) atoms. The molecule has 6 heteroatoms. The molecule has 0 bridgehead atoms.